The zero-order chi connectivity index (χ0) is 11.4. The van der Waals surface area contributed by atoms with Gasteiger partial charge in [0, 0.05) is 34.0 Å². The molecule has 0 atom stereocenters. The zero-order valence-electron chi connectivity index (χ0n) is 9.03. The number of nitrogens with one attached hydrogen (secondary N) is 1. The van der Waals surface area contributed by atoms with Crippen molar-refractivity contribution in [3.05, 3.63) is 34.9 Å². The predicted molar refractivity (Wildman–Crippen MR) is 76.3 cm³/mol. The van der Waals surface area contributed by atoms with Gasteiger partial charge in [-0.3, -0.25) is 4.98 Å². The van der Waals surface area contributed by atoms with Crippen molar-refractivity contribution in [2.45, 2.75) is 0 Å². The number of thioether (sulfide) groups is 1. The summed E-state index contributed by atoms with van der Waals surface area (Å²) in [6.07, 6.45) is 3.96. The van der Waals surface area contributed by atoms with Crippen molar-refractivity contribution < 1.29 is 0 Å². The molecule has 84 valence electrons. The molecule has 0 fully saturated rings. The Morgan fingerprint density at radius 3 is 3.06 bits per heavy atom. The second-order valence-electron chi connectivity index (χ2n) is 3.44. The molecule has 0 amide bonds. The minimum Gasteiger partial charge on any atom is -0.384 e. The Hall–Kier alpha value is -0.740. The van der Waals surface area contributed by atoms with Crippen molar-refractivity contribution in [3.8, 4) is 0 Å². The lowest BCUT2D eigenvalue weighted by Crippen LogP contribution is -2.04. The van der Waals surface area contributed by atoms with E-state index in [-0.39, 0.29) is 0 Å². The summed E-state index contributed by atoms with van der Waals surface area (Å²) in [7, 11) is 0. The fourth-order valence-corrected chi connectivity index (χ4v) is 2.23. The summed E-state index contributed by atoms with van der Waals surface area (Å²) in [6.45, 7) is 0.979. The van der Waals surface area contributed by atoms with Crippen LogP contribution in [-0.4, -0.2) is 23.5 Å². The molecule has 4 heteroatoms. The molecule has 1 heterocycles. The second kappa shape index (κ2) is 5.55. The number of hydrogen-bond acceptors (Lipinski definition) is 3. The highest BCUT2D eigenvalue weighted by atomic mass is 79.9. The van der Waals surface area contributed by atoms with Gasteiger partial charge in [-0.25, -0.2) is 0 Å². The number of rotatable bonds is 4. The first-order chi connectivity index (χ1) is 7.81. The molecular weight excluding hydrogens is 284 g/mol. The van der Waals surface area contributed by atoms with Crippen LogP contribution in [0.2, 0.25) is 0 Å². The van der Waals surface area contributed by atoms with Gasteiger partial charge in [0.15, 0.2) is 0 Å². The molecule has 0 saturated heterocycles. The van der Waals surface area contributed by atoms with Crippen LogP contribution < -0.4 is 5.32 Å². The number of fused-ring (bicyclic) bond motifs is 1. The van der Waals surface area contributed by atoms with Crippen LogP contribution in [0.15, 0.2) is 34.9 Å². The van der Waals surface area contributed by atoms with Gasteiger partial charge in [0.2, 0.25) is 0 Å². The topological polar surface area (TPSA) is 24.9 Å². The third-order valence-corrected chi connectivity index (χ3v) is 3.43. The molecule has 2 aromatic rings. The fourth-order valence-electron chi connectivity index (χ4n) is 1.56. The summed E-state index contributed by atoms with van der Waals surface area (Å²) >= 11 is 5.33. The van der Waals surface area contributed by atoms with Crippen LogP contribution in [0.3, 0.4) is 0 Å². The van der Waals surface area contributed by atoms with Gasteiger partial charge in [-0.15, -0.1) is 0 Å². The number of nitrogens with zero attached hydrogens (tertiary/aromatic N) is 1. The van der Waals surface area contributed by atoms with Crippen LogP contribution in [0.4, 0.5) is 5.69 Å². The maximum atomic E-state index is 4.35. The smallest absolute Gasteiger partial charge is 0.0723 e. The van der Waals surface area contributed by atoms with Gasteiger partial charge >= 0.3 is 0 Å². The third-order valence-electron chi connectivity index (χ3n) is 2.33. The molecule has 0 aliphatic carbocycles. The lowest BCUT2D eigenvalue weighted by molar-refractivity contribution is 1.23. The quantitative estimate of drug-likeness (QED) is 0.870. The number of aromatic nitrogens is 1. The molecule has 1 aromatic carbocycles. The first-order valence-electron chi connectivity index (χ1n) is 5.08. The van der Waals surface area contributed by atoms with Crippen LogP contribution in [0.25, 0.3) is 10.9 Å². The fraction of sp³-hybridized carbons (Fsp3) is 0.250. The minimum absolute atomic E-state index is 0.979. The van der Waals surface area contributed by atoms with Crippen LogP contribution in [-0.2, 0) is 0 Å². The van der Waals surface area contributed by atoms with Crippen molar-refractivity contribution in [3.63, 3.8) is 0 Å². The molecule has 0 aliphatic rings. The number of benzene rings is 1. The molecule has 0 spiro atoms. The molecule has 0 bridgehead atoms. The molecule has 0 aliphatic heterocycles. The van der Waals surface area contributed by atoms with Crippen LogP contribution >= 0.6 is 27.7 Å². The van der Waals surface area contributed by atoms with Crippen molar-refractivity contribution in [2.24, 2.45) is 0 Å². The summed E-state index contributed by atoms with van der Waals surface area (Å²) in [5, 5.41) is 4.60. The maximum absolute atomic E-state index is 4.35. The molecule has 16 heavy (non-hydrogen) atoms. The molecule has 0 saturated carbocycles. The predicted octanol–water partition coefficient (Wildman–Crippen LogP) is 3.77. The average Bonchev–Trinajstić information content (AvgIpc) is 2.30. The van der Waals surface area contributed by atoms with E-state index in [2.05, 4.69) is 38.6 Å². The van der Waals surface area contributed by atoms with Gasteiger partial charge in [0.05, 0.1) is 5.52 Å². The molecule has 2 rings (SSSR count). The standard InChI is InChI=1S/C12H13BrN2S/c1-16-7-6-15-12-4-5-14-11-3-2-9(13)8-10(11)12/h2-5,8H,6-7H2,1H3,(H,14,15). The van der Waals surface area contributed by atoms with E-state index in [0.717, 1.165) is 33.4 Å². The van der Waals surface area contributed by atoms with Gasteiger partial charge in [-0.2, -0.15) is 11.8 Å². The van der Waals surface area contributed by atoms with Gasteiger partial charge < -0.3 is 5.32 Å². The van der Waals surface area contributed by atoms with E-state index in [0.29, 0.717) is 0 Å². The van der Waals surface area contributed by atoms with Gasteiger partial charge in [-0.05, 0) is 30.5 Å². The first kappa shape index (κ1) is 11.7. The third kappa shape index (κ3) is 2.68. The van der Waals surface area contributed by atoms with Crippen molar-refractivity contribution in [1.82, 2.24) is 4.98 Å². The van der Waals surface area contributed by atoms with E-state index < -0.39 is 0 Å². The Kier molecular flexibility index (Phi) is 4.07. The van der Waals surface area contributed by atoms with Gasteiger partial charge in [-0.1, -0.05) is 15.9 Å². The van der Waals surface area contributed by atoms with E-state index >= 15 is 0 Å². The molecular formula is C12H13BrN2S. The first-order valence-corrected chi connectivity index (χ1v) is 7.27. The average molecular weight is 297 g/mol. The van der Waals surface area contributed by atoms with Crippen LogP contribution in [0, 0.1) is 0 Å². The van der Waals surface area contributed by atoms with E-state index in [9.17, 15) is 0 Å². The van der Waals surface area contributed by atoms with Crippen molar-refractivity contribution >= 4 is 44.3 Å². The van der Waals surface area contributed by atoms with Crippen molar-refractivity contribution in [2.75, 3.05) is 23.9 Å². The van der Waals surface area contributed by atoms with E-state index in [4.69, 9.17) is 0 Å². The number of pyridine rings is 1. The Balaban J connectivity index is 2.32. The second-order valence-corrected chi connectivity index (χ2v) is 5.34. The maximum Gasteiger partial charge on any atom is 0.0723 e. The Bertz CT molecular complexity index is 487. The van der Waals surface area contributed by atoms with E-state index in [1.807, 2.05) is 36.2 Å². The normalized spacial score (nSPS) is 10.6. The molecule has 2 nitrogen and oxygen atoms in total. The van der Waals surface area contributed by atoms with Gasteiger partial charge in [0.1, 0.15) is 0 Å². The Morgan fingerprint density at radius 1 is 1.38 bits per heavy atom. The van der Waals surface area contributed by atoms with Crippen molar-refractivity contribution in [1.29, 1.82) is 0 Å². The summed E-state index contributed by atoms with van der Waals surface area (Å²) in [4.78, 5) is 4.35. The zero-order valence-corrected chi connectivity index (χ0v) is 11.4. The highest BCUT2D eigenvalue weighted by molar-refractivity contribution is 9.10. The summed E-state index contributed by atoms with van der Waals surface area (Å²) in [5.41, 5.74) is 2.18. The SMILES string of the molecule is CSCCNc1ccnc2ccc(Br)cc12. The van der Waals surface area contributed by atoms with Gasteiger partial charge in [0.25, 0.3) is 0 Å². The Morgan fingerprint density at radius 2 is 2.25 bits per heavy atom. The van der Waals surface area contributed by atoms with E-state index in [1.54, 1.807) is 0 Å². The highest BCUT2D eigenvalue weighted by Crippen LogP contribution is 2.24. The monoisotopic (exact) mass is 296 g/mol. The number of hydrogen-bond donors (Lipinski definition) is 1. The summed E-state index contributed by atoms with van der Waals surface area (Å²) < 4.78 is 1.08. The molecule has 1 aromatic heterocycles. The largest absolute Gasteiger partial charge is 0.384 e. The summed E-state index contributed by atoms with van der Waals surface area (Å²) in [6, 6.07) is 8.17. The number of anilines is 1. The highest BCUT2D eigenvalue weighted by Gasteiger charge is 2.01. The molecule has 0 unspecified atom stereocenters. The minimum atomic E-state index is 0.979. The van der Waals surface area contributed by atoms with Crippen LogP contribution in [0.1, 0.15) is 0 Å². The number of halogens is 1. The summed E-state index contributed by atoms with van der Waals surface area (Å²) in [5.74, 6) is 1.11. The van der Waals surface area contributed by atoms with Crippen LogP contribution in [0.5, 0.6) is 0 Å². The lowest BCUT2D eigenvalue weighted by Gasteiger charge is -2.08. The molecule has 0 radical (unpaired) electrons. The Labute approximate surface area is 108 Å². The molecule has 1 N–H and O–H groups in total. The lowest BCUT2D eigenvalue weighted by atomic mass is 10.2. The van der Waals surface area contributed by atoms with E-state index in [1.165, 1.54) is 0 Å².